The highest BCUT2D eigenvalue weighted by Gasteiger charge is 2.49. The number of hydrogen-bond donors (Lipinski definition) is 1. The number of ether oxygens (including phenoxy) is 1. The summed E-state index contributed by atoms with van der Waals surface area (Å²) < 4.78 is 5.44. The fourth-order valence-electron chi connectivity index (χ4n) is 2.39. The minimum Gasteiger partial charge on any atom is -0.388 e. The Kier molecular flexibility index (Phi) is 2.04. The van der Waals surface area contributed by atoms with Gasteiger partial charge in [0.25, 0.3) is 0 Å². The first-order valence-corrected chi connectivity index (χ1v) is 4.68. The minimum atomic E-state index is -0.501. The molecular weight excluding hydrogens is 170 g/mol. The van der Waals surface area contributed by atoms with Crippen LogP contribution in [-0.2, 0) is 9.53 Å². The number of nitrogens with zero attached hydrogens (tertiary/aromatic N) is 1. The van der Waals surface area contributed by atoms with Crippen LogP contribution >= 0.6 is 0 Å². The van der Waals surface area contributed by atoms with Crippen molar-refractivity contribution in [2.75, 3.05) is 13.2 Å². The molecule has 0 aromatic heterocycles. The molecule has 2 rings (SSSR count). The Hall–Kier alpha value is -0.610. The van der Waals surface area contributed by atoms with Crippen molar-refractivity contribution >= 4 is 5.91 Å². The van der Waals surface area contributed by atoms with Gasteiger partial charge in [0.2, 0.25) is 5.91 Å². The molecule has 1 N–H and O–H groups in total. The highest BCUT2D eigenvalue weighted by Crippen LogP contribution is 2.33. The van der Waals surface area contributed by atoms with Crippen molar-refractivity contribution in [1.29, 1.82) is 0 Å². The van der Waals surface area contributed by atoms with Crippen molar-refractivity contribution < 1.29 is 14.6 Å². The SMILES string of the molecule is CC(=O)N1C[C@@H](C)[C@H]2OCC(O)C21. The quantitative estimate of drug-likeness (QED) is 0.559. The number of amides is 1. The van der Waals surface area contributed by atoms with Gasteiger partial charge in [-0.25, -0.2) is 0 Å². The average Bonchev–Trinajstić information content (AvgIpc) is 2.55. The van der Waals surface area contributed by atoms with E-state index in [0.29, 0.717) is 19.1 Å². The van der Waals surface area contributed by atoms with Crippen molar-refractivity contribution in [1.82, 2.24) is 4.90 Å². The molecule has 4 heteroatoms. The van der Waals surface area contributed by atoms with Gasteiger partial charge >= 0.3 is 0 Å². The first kappa shape index (κ1) is 8.97. The van der Waals surface area contributed by atoms with Crippen LogP contribution in [0.4, 0.5) is 0 Å². The summed E-state index contributed by atoms with van der Waals surface area (Å²) in [5.74, 6) is 0.370. The zero-order valence-corrected chi connectivity index (χ0v) is 7.93. The van der Waals surface area contributed by atoms with Crippen LogP contribution in [0, 0.1) is 5.92 Å². The second-order valence-electron chi connectivity index (χ2n) is 4.00. The van der Waals surface area contributed by atoms with E-state index in [2.05, 4.69) is 6.92 Å². The number of carbonyl (C=O) groups excluding carboxylic acids is 1. The van der Waals surface area contributed by atoms with Crippen molar-refractivity contribution in [2.45, 2.75) is 32.1 Å². The van der Waals surface area contributed by atoms with E-state index < -0.39 is 6.10 Å². The first-order valence-electron chi connectivity index (χ1n) is 4.68. The highest BCUT2D eigenvalue weighted by molar-refractivity contribution is 5.74. The number of rotatable bonds is 0. The van der Waals surface area contributed by atoms with Crippen LogP contribution in [-0.4, -0.2) is 47.3 Å². The molecule has 2 heterocycles. The van der Waals surface area contributed by atoms with Crippen LogP contribution in [0.1, 0.15) is 13.8 Å². The summed E-state index contributed by atoms with van der Waals surface area (Å²) >= 11 is 0. The molecule has 0 aromatic carbocycles. The summed E-state index contributed by atoms with van der Waals surface area (Å²) in [7, 11) is 0. The molecule has 4 nitrogen and oxygen atoms in total. The lowest BCUT2D eigenvalue weighted by Gasteiger charge is -2.23. The Morgan fingerprint density at radius 1 is 1.62 bits per heavy atom. The lowest BCUT2D eigenvalue weighted by Crippen LogP contribution is -2.42. The molecule has 2 saturated heterocycles. The largest absolute Gasteiger partial charge is 0.388 e. The molecule has 0 radical (unpaired) electrons. The second-order valence-corrected chi connectivity index (χ2v) is 4.00. The van der Waals surface area contributed by atoms with Gasteiger partial charge in [-0.3, -0.25) is 4.79 Å². The molecule has 0 aromatic rings. The maximum absolute atomic E-state index is 11.2. The fraction of sp³-hybridized carbons (Fsp3) is 0.889. The number of aliphatic hydroxyl groups is 1. The fourth-order valence-corrected chi connectivity index (χ4v) is 2.39. The number of fused-ring (bicyclic) bond motifs is 1. The third kappa shape index (κ3) is 1.25. The van der Waals surface area contributed by atoms with Gasteiger partial charge in [0.1, 0.15) is 6.10 Å². The normalized spacial score (nSPS) is 43.8. The average molecular weight is 185 g/mol. The molecule has 1 amide bonds. The first-order chi connectivity index (χ1) is 6.11. The Labute approximate surface area is 77.5 Å². The molecule has 0 spiro atoms. The molecule has 0 bridgehead atoms. The molecular formula is C9H15NO3. The lowest BCUT2D eigenvalue weighted by atomic mass is 10.0. The topological polar surface area (TPSA) is 49.8 Å². The molecule has 74 valence electrons. The number of hydrogen-bond acceptors (Lipinski definition) is 3. The zero-order chi connectivity index (χ0) is 9.59. The van der Waals surface area contributed by atoms with Crippen LogP contribution in [0.15, 0.2) is 0 Å². The zero-order valence-electron chi connectivity index (χ0n) is 7.93. The molecule has 0 aliphatic carbocycles. The summed E-state index contributed by atoms with van der Waals surface area (Å²) in [5.41, 5.74) is 0. The summed E-state index contributed by atoms with van der Waals surface area (Å²) in [6.45, 7) is 4.67. The molecule has 2 aliphatic heterocycles. The molecule has 2 unspecified atom stereocenters. The van der Waals surface area contributed by atoms with E-state index in [-0.39, 0.29) is 18.1 Å². The highest BCUT2D eigenvalue weighted by atomic mass is 16.5. The Morgan fingerprint density at radius 3 is 2.92 bits per heavy atom. The van der Waals surface area contributed by atoms with E-state index in [1.165, 1.54) is 0 Å². The number of carbonyl (C=O) groups is 1. The third-order valence-corrected chi connectivity index (χ3v) is 3.00. The summed E-state index contributed by atoms with van der Waals surface area (Å²) in [5, 5.41) is 9.62. The Balaban J connectivity index is 2.20. The summed E-state index contributed by atoms with van der Waals surface area (Å²) in [4.78, 5) is 13.0. The molecule has 4 atom stereocenters. The van der Waals surface area contributed by atoms with Gasteiger partial charge in [-0.1, -0.05) is 6.92 Å². The minimum absolute atomic E-state index is 0.0314. The van der Waals surface area contributed by atoms with E-state index in [9.17, 15) is 9.90 Å². The molecule has 13 heavy (non-hydrogen) atoms. The number of aliphatic hydroxyl groups excluding tert-OH is 1. The van der Waals surface area contributed by atoms with Gasteiger partial charge < -0.3 is 14.7 Å². The smallest absolute Gasteiger partial charge is 0.219 e. The Bertz CT molecular complexity index is 231. The van der Waals surface area contributed by atoms with Crippen molar-refractivity contribution in [3.05, 3.63) is 0 Å². The predicted octanol–water partition coefficient (Wildman–Crippen LogP) is -0.387. The van der Waals surface area contributed by atoms with E-state index in [1.807, 2.05) is 0 Å². The van der Waals surface area contributed by atoms with E-state index >= 15 is 0 Å². The van der Waals surface area contributed by atoms with Crippen molar-refractivity contribution in [2.24, 2.45) is 5.92 Å². The maximum atomic E-state index is 11.2. The molecule has 2 aliphatic rings. The molecule has 2 fully saturated rings. The summed E-state index contributed by atoms with van der Waals surface area (Å²) in [6, 6.07) is -0.104. The van der Waals surface area contributed by atoms with Crippen LogP contribution in [0.2, 0.25) is 0 Å². The Morgan fingerprint density at radius 2 is 2.31 bits per heavy atom. The van der Waals surface area contributed by atoms with Gasteiger partial charge in [-0.2, -0.15) is 0 Å². The van der Waals surface area contributed by atoms with Crippen LogP contribution in [0.3, 0.4) is 0 Å². The monoisotopic (exact) mass is 185 g/mol. The van der Waals surface area contributed by atoms with E-state index in [4.69, 9.17) is 4.74 Å². The van der Waals surface area contributed by atoms with E-state index in [1.54, 1.807) is 11.8 Å². The van der Waals surface area contributed by atoms with Crippen molar-refractivity contribution in [3.8, 4) is 0 Å². The van der Waals surface area contributed by atoms with Gasteiger partial charge in [0.05, 0.1) is 18.8 Å². The van der Waals surface area contributed by atoms with Gasteiger partial charge in [0, 0.05) is 19.4 Å². The second kappa shape index (κ2) is 2.96. The third-order valence-electron chi connectivity index (χ3n) is 3.00. The van der Waals surface area contributed by atoms with Gasteiger partial charge in [-0.05, 0) is 0 Å². The lowest BCUT2D eigenvalue weighted by molar-refractivity contribution is -0.131. The predicted molar refractivity (Wildman–Crippen MR) is 46.1 cm³/mol. The van der Waals surface area contributed by atoms with Gasteiger partial charge in [0.15, 0.2) is 0 Å². The van der Waals surface area contributed by atoms with Gasteiger partial charge in [-0.15, -0.1) is 0 Å². The van der Waals surface area contributed by atoms with Crippen LogP contribution < -0.4 is 0 Å². The van der Waals surface area contributed by atoms with Crippen LogP contribution in [0.25, 0.3) is 0 Å². The van der Waals surface area contributed by atoms with Crippen molar-refractivity contribution in [3.63, 3.8) is 0 Å². The van der Waals surface area contributed by atoms with Crippen LogP contribution in [0.5, 0.6) is 0 Å². The standard InChI is InChI=1S/C9H15NO3/c1-5-3-10(6(2)11)8-7(12)4-13-9(5)8/h5,7-9,12H,3-4H2,1-2H3/t5-,7?,8?,9-/m1/s1. The number of likely N-dealkylation sites (tertiary alicyclic amines) is 1. The summed E-state index contributed by atoms with van der Waals surface area (Å²) in [6.07, 6.45) is -0.460. The van der Waals surface area contributed by atoms with E-state index in [0.717, 1.165) is 0 Å². The maximum Gasteiger partial charge on any atom is 0.219 e. The molecule has 0 saturated carbocycles.